The van der Waals surface area contributed by atoms with Crippen molar-refractivity contribution in [3.63, 3.8) is 0 Å². The molecule has 4 N–H and O–H groups in total. The maximum absolute atomic E-state index is 8.63. The number of allylic oxidation sites excluding steroid dienone is 4. The van der Waals surface area contributed by atoms with Gasteiger partial charge >= 0.3 is 0 Å². The SMILES string of the molecule is C=C(C(=N)c1cc2c(-n3cnc(C)c3)cccc2[nH]1)/C(N)=C\C=C(/C)c1cnn(C)c1. The van der Waals surface area contributed by atoms with E-state index in [-0.39, 0.29) is 5.71 Å². The molecule has 0 atom stereocenters. The van der Waals surface area contributed by atoms with Gasteiger partial charge in [0.1, 0.15) is 0 Å². The van der Waals surface area contributed by atoms with Crippen LogP contribution in [0.5, 0.6) is 0 Å². The summed E-state index contributed by atoms with van der Waals surface area (Å²) in [4.78, 5) is 7.63. The van der Waals surface area contributed by atoms with Crippen molar-refractivity contribution in [2.75, 3.05) is 0 Å². The number of hydrogen-bond acceptors (Lipinski definition) is 4. The van der Waals surface area contributed by atoms with Gasteiger partial charge in [-0.15, -0.1) is 0 Å². The minimum absolute atomic E-state index is 0.255. The zero-order valence-electron chi connectivity index (χ0n) is 17.8. The lowest BCUT2D eigenvalue weighted by Gasteiger charge is -2.06. The van der Waals surface area contributed by atoms with E-state index in [0.717, 1.165) is 33.4 Å². The Morgan fingerprint density at radius 2 is 2.06 bits per heavy atom. The molecule has 4 rings (SSSR count). The molecule has 0 aliphatic heterocycles. The highest BCUT2D eigenvalue weighted by Gasteiger charge is 2.14. The molecule has 0 spiro atoms. The molecule has 0 saturated heterocycles. The first-order valence-electron chi connectivity index (χ1n) is 9.88. The Labute approximate surface area is 180 Å². The summed E-state index contributed by atoms with van der Waals surface area (Å²) in [6.45, 7) is 7.99. The summed E-state index contributed by atoms with van der Waals surface area (Å²) in [5.74, 6) is 0. The van der Waals surface area contributed by atoms with Crippen LogP contribution in [-0.2, 0) is 7.05 Å². The molecule has 0 fully saturated rings. The molecule has 3 heterocycles. The molecule has 1 aromatic carbocycles. The van der Waals surface area contributed by atoms with Gasteiger partial charge in [0.2, 0.25) is 0 Å². The summed E-state index contributed by atoms with van der Waals surface area (Å²) in [6, 6.07) is 7.95. The number of aryl methyl sites for hydroxylation is 2. The molecule has 0 saturated carbocycles. The summed E-state index contributed by atoms with van der Waals surface area (Å²) < 4.78 is 3.73. The first-order valence-corrected chi connectivity index (χ1v) is 9.88. The quantitative estimate of drug-likeness (QED) is 0.326. The Balaban J connectivity index is 1.61. The molecule has 7 nitrogen and oxygen atoms in total. The van der Waals surface area contributed by atoms with Gasteiger partial charge < -0.3 is 15.3 Å². The van der Waals surface area contributed by atoms with Crippen molar-refractivity contribution in [3.05, 3.63) is 96.1 Å². The van der Waals surface area contributed by atoms with Crippen molar-refractivity contribution in [2.45, 2.75) is 13.8 Å². The van der Waals surface area contributed by atoms with Gasteiger partial charge in [0.25, 0.3) is 0 Å². The van der Waals surface area contributed by atoms with Crippen LogP contribution in [-0.4, -0.2) is 30.0 Å². The number of rotatable bonds is 6. The van der Waals surface area contributed by atoms with Gasteiger partial charge in [0, 0.05) is 47.2 Å². The van der Waals surface area contributed by atoms with E-state index in [2.05, 4.69) is 21.6 Å². The van der Waals surface area contributed by atoms with Crippen LogP contribution in [0.1, 0.15) is 23.9 Å². The minimum Gasteiger partial charge on any atom is -0.398 e. The maximum atomic E-state index is 8.63. The number of benzene rings is 1. The minimum atomic E-state index is 0.255. The molecule has 156 valence electrons. The lowest BCUT2D eigenvalue weighted by atomic mass is 10.0. The molecular weight excluding hydrogens is 386 g/mol. The summed E-state index contributed by atoms with van der Waals surface area (Å²) in [7, 11) is 1.88. The molecule has 0 radical (unpaired) electrons. The van der Waals surface area contributed by atoms with E-state index < -0.39 is 0 Å². The highest BCUT2D eigenvalue weighted by atomic mass is 15.2. The van der Waals surface area contributed by atoms with Gasteiger partial charge in [-0.3, -0.25) is 10.1 Å². The fraction of sp³-hybridized carbons (Fsp3) is 0.125. The van der Waals surface area contributed by atoms with Crippen LogP contribution in [0.3, 0.4) is 0 Å². The number of H-pyrrole nitrogens is 1. The van der Waals surface area contributed by atoms with Crippen molar-refractivity contribution < 1.29 is 0 Å². The molecule has 7 heteroatoms. The first kappa shape index (κ1) is 20.2. The number of nitrogens with two attached hydrogens (primary N) is 1. The molecular formula is C24H25N7. The standard InChI is InChI=1S/C24H25N7/c1-15(18-11-28-30(4)13-18)8-9-20(25)17(3)24(26)22-10-19-21(29-22)6-5-7-23(19)31-12-16(2)27-14-31/h5-14,26,29H,3,25H2,1-2,4H3/b15-8+,20-9+,26-24?. The van der Waals surface area contributed by atoms with Gasteiger partial charge in [0.05, 0.1) is 35.3 Å². The van der Waals surface area contributed by atoms with Crippen LogP contribution >= 0.6 is 0 Å². The van der Waals surface area contributed by atoms with E-state index >= 15 is 0 Å². The van der Waals surface area contributed by atoms with Gasteiger partial charge in [-0.1, -0.05) is 18.7 Å². The van der Waals surface area contributed by atoms with Crippen LogP contribution in [0.4, 0.5) is 0 Å². The fourth-order valence-corrected chi connectivity index (χ4v) is 3.40. The second-order valence-electron chi connectivity index (χ2n) is 7.57. The molecule has 0 aliphatic rings. The Morgan fingerprint density at radius 3 is 2.74 bits per heavy atom. The average Bonchev–Trinajstić information content (AvgIpc) is 3.49. The molecule has 0 aliphatic carbocycles. The third-order valence-corrected chi connectivity index (χ3v) is 5.22. The third-order valence-electron chi connectivity index (χ3n) is 5.22. The van der Waals surface area contributed by atoms with E-state index in [1.807, 2.05) is 68.2 Å². The Bertz CT molecular complexity index is 1360. The lowest BCUT2D eigenvalue weighted by Crippen LogP contribution is -2.10. The normalized spacial score (nSPS) is 12.5. The van der Waals surface area contributed by atoms with Crippen molar-refractivity contribution in [1.29, 1.82) is 5.41 Å². The third kappa shape index (κ3) is 3.98. The van der Waals surface area contributed by atoms with Crippen molar-refractivity contribution in [1.82, 2.24) is 24.3 Å². The summed E-state index contributed by atoms with van der Waals surface area (Å²) in [5, 5.41) is 13.8. The molecule has 0 bridgehead atoms. The Morgan fingerprint density at radius 1 is 1.26 bits per heavy atom. The van der Waals surface area contributed by atoms with E-state index in [9.17, 15) is 0 Å². The average molecular weight is 412 g/mol. The van der Waals surface area contributed by atoms with Crippen molar-refractivity contribution in [2.24, 2.45) is 12.8 Å². The van der Waals surface area contributed by atoms with E-state index in [1.54, 1.807) is 23.3 Å². The summed E-state index contributed by atoms with van der Waals surface area (Å²) in [6.07, 6.45) is 11.2. The molecule has 31 heavy (non-hydrogen) atoms. The topological polar surface area (TPSA) is 101 Å². The molecule has 0 unspecified atom stereocenters. The predicted octanol–water partition coefficient (Wildman–Crippen LogP) is 4.27. The largest absolute Gasteiger partial charge is 0.398 e. The van der Waals surface area contributed by atoms with Crippen LogP contribution in [0.15, 0.2) is 79.2 Å². The number of nitrogens with zero attached hydrogens (tertiary/aromatic N) is 4. The van der Waals surface area contributed by atoms with Gasteiger partial charge in [0.15, 0.2) is 0 Å². The van der Waals surface area contributed by atoms with Crippen molar-refractivity contribution >= 4 is 22.2 Å². The van der Waals surface area contributed by atoms with Crippen LogP contribution in [0.25, 0.3) is 22.2 Å². The fourth-order valence-electron chi connectivity index (χ4n) is 3.40. The number of imidazole rings is 1. The monoisotopic (exact) mass is 411 g/mol. The van der Waals surface area contributed by atoms with Crippen LogP contribution < -0.4 is 5.73 Å². The Kier molecular flexibility index (Phi) is 5.17. The molecule has 0 amide bonds. The first-order chi connectivity index (χ1) is 14.8. The van der Waals surface area contributed by atoms with Crippen LogP contribution in [0, 0.1) is 12.3 Å². The summed E-state index contributed by atoms with van der Waals surface area (Å²) >= 11 is 0. The maximum Gasteiger partial charge on any atom is 0.0995 e. The van der Waals surface area contributed by atoms with Gasteiger partial charge in [-0.25, -0.2) is 4.98 Å². The van der Waals surface area contributed by atoms with E-state index in [1.165, 1.54) is 0 Å². The number of nitrogens with one attached hydrogen (secondary N) is 2. The Hall–Kier alpha value is -4.13. The van der Waals surface area contributed by atoms with E-state index in [4.69, 9.17) is 11.1 Å². The predicted molar refractivity (Wildman–Crippen MR) is 125 cm³/mol. The smallest absolute Gasteiger partial charge is 0.0995 e. The highest BCUT2D eigenvalue weighted by Crippen LogP contribution is 2.25. The van der Waals surface area contributed by atoms with Gasteiger partial charge in [-0.2, -0.15) is 5.10 Å². The highest BCUT2D eigenvalue weighted by molar-refractivity contribution is 6.14. The van der Waals surface area contributed by atoms with Crippen LogP contribution in [0.2, 0.25) is 0 Å². The number of hydrogen-bond donors (Lipinski definition) is 3. The molecule has 4 aromatic rings. The zero-order chi connectivity index (χ0) is 22.1. The number of aromatic amines is 1. The molecule has 3 aromatic heterocycles. The lowest BCUT2D eigenvalue weighted by molar-refractivity contribution is 0.767. The number of fused-ring (bicyclic) bond motifs is 1. The number of aromatic nitrogens is 5. The second-order valence-corrected chi connectivity index (χ2v) is 7.57. The second kappa shape index (κ2) is 7.95. The van der Waals surface area contributed by atoms with Crippen molar-refractivity contribution in [3.8, 4) is 5.69 Å². The van der Waals surface area contributed by atoms with Gasteiger partial charge in [-0.05, 0) is 43.7 Å². The van der Waals surface area contributed by atoms with E-state index in [0.29, 0.717) is 17.0 Å². The zero-order valence-corrected chi connectivity index (χ0v) is 17.8. The summed E-state index contributed by atoms with van der Waals surface area (Å²) in [5.41, 5.74) is 13.0.